The van der Waals surface area contributed by atoms with Gasteiger partial charge in [-0.1, -0.05) is 6.92 Å². The summed E-state index contributed by atoms with van der Waals surface area (Å²) in [5.74, 6) is 0.885. The third kappa shape index (κ3) is 5.21. The summed E-state index contributed by atoms with van der Waals surface area (Å²) in [5, 5.41) is 10.9. The minimum atomic E-state index is 0.440. The molecule has 0 saturated heterocycles. The zero-order chi connectivity index (χ0) is 13.4. The summed E-state index contributed by atoms with van der Waals surface area (Å²) in [6.45, 7) is 10.9. The molecule has 1 aromatic heterocycles. The summed E-state index contributed by atoms with van der Waals surface area (Å²) >= 11 is 0. The molecule has 1 atom stereocenters. The quantitative estimate of drug-likeness (QED) is 0.596. The molecule has 2 N–H and O–H groups in total. The predicted octanol–water partition coefficient (Wildman–Crippen LogP) is 1.55. The number of guanidine groups is 1. The van der Waals surface area contributed by atoms with Crippen molar-refractivity contribution < 1.29 is 0 Å². The Balaban J connectivity index is 2.44. The Morgan fingerprint density at radius 1 is 1.50 bits per heavy atom. The van der Waals surface area contributed by atoms with E-state index in [1.165, 1.54) is 5.56 Å². The Kier molecular flexibility index (Phi) is 6.25. The first kappa shape index (κ1) is 14.5. The number of aliphatic imine (C=N–C) groups is 1. The second-order valence-corrected chi connectivity index (χ2v) is 4.50. The summed E-state index contributed by atoms with van der Waals surface area (Å²) in [4.78, 5) is 4.54. The van der Waals surface area contributed by atoms with E-state index in [4.69, 9.17) is 0 Å². The molecule has 0 bridgehead atoms. The van der Waals surface area contributed by atoms with Gasteiger partial charge in [-0.15, -0.1) is 0 Å². The molecule has 0 amide bonds. The van der Waals surface area contributed by atoms with E-state index in [0.29, 0.717) is 6.04 Å². The van der Waals surface area contributed by atoms with Crippen molar-refractivity contribution in [3.8, 4) is 0 Å². The van der Waals surface area contributed by atoms with Gasteiger partial charge in [0.2, 0.25) is 0 Å². The van der Waals surface area contributed by atoms with E-state index < -0.39 is 0 Å². The zero-order valence-corrected chi connectivity index (χ0v) is 11.9. The van der Waals surface area contributed by atoms with Crippen molar-refractivity contribution in [2.24, 2.45) is 4.99 Å². The Morgan fingerprint density at radius 3 is 2.83 bits per heavy atom. The van der Waals surface area contributed by atoms with Crippen molar-refractivity contribution in [2.75, 3.05) is 13.1 Å². The summed E-state index contributed by atoms with van der Waals surface area (Å²) in [7, 11) is 0. The molecule has 5 heteroatoms. The molecule has 0 saturated carbocycles. The lowest BCUT2D eigenvalue weighted by molar-refractivity contribution is 0.605. The van der Waals surface area contributed by atoms with Crippen LogP contribution in [0.5, 0.6) is 0 Å². The van der Waals surface area contributed by atoms with Crippen molar-refractivity contribution in [2.45, 2.75) is 46.7 Å². The van der Waals surface area contributed by atoms with Crippen LogP contribution in [0.1, 0.15) is 32.8 Å². The fourth-order valence-electron chi connectivity index (χ4n) is 1.51. The number of aromatic nitrogens is 2. The van der Waals surface area contributed by atoms with Crippen LogP contribution in [0.25, 0.3) is 0 Å². The minimum absolute atomic E-state index is 0.440. The monoisotopic (exact) mass is 251 g/mol. The number of hydrogen-bond acceptors (Lipinski definition) is 2. The smallest absolute Gasteiger partial charge is 0.191 e. The van der Waals surface area contributed by atoms with Gasteiger partial charge in [-0.05, 0) is 32.8 Å². The lowest BCUT2D eigenvalue weighted by atomic mass is 10.3. The molecule has 0 aliphatic heterocycles. The van der Waals surface area contributed by atoms with Gasteiger partial charge in [0.15, 0.2) is 5.96 Å². The van der Waals surface area contributed by atoms with Gasteiger partial charge in [0.1, 0.15) is 0 Å². The number of nitrogens with zero attached hydrogens (tertiary/aromatic N) is 3. The van der Waals surface area contributed by atoms with Crippen molar-refractivity contribution >= 4 is 5.96 Å². The molecule has 0 aromatic carbocycles. The van der Waals surface area contributed by atoms with Gasteiger partial charge in [-0.25, -0.2) is 0 Å². The van der Waals surface area contributed by atoms with Gasteiger partial charge in [0.25, 0.3) is 0 Å². The Bertz CT molecular complexity index is 369. The maximum absolute atomic E-state index is 4.54. The first-order valence-corrected chi connectivity index (χ1v) is 6.69. The van der Waals surface area contributed by atoms with Crippen LogP contribution in [0.4, 0.5) is 0 Å². The number of rotatable bonds is 6. The average molecular weight is 251 g/mol. The average Bonchev–Trinajstić information content (AvgIpc) is 2.75. The van der Waals surface area contributed by atoms with Crippen molar-refractivity contribution in [1.29, 1.82) is 0 Å². The van der Waals surface area contributed by atoms with Crippen molar-refractivity contribution in [3.63, 3.8) is 0 Å². The largest absolute Gasteiger partial charge is 0.357 e. The van der Waals surface area contributed by atoms with E-state index in [-0.39, 0.29) is 0 Å². The molecule has 102 valence electrons. The van der Waals surface area contributed by atoms with Crippen molar-refractivity contribution in [3.05, 3.63) is 18.0 Å². The molecule has 0 aliphatic carbocycles. The van der Waals surface area contributed by atoms with E-state index in [9.17, 15) is 0 Å². The second kappa shape index (κ2) is 7.74. The van der Waals surface area contributed by atoms with Crippen LogP contribution >= 0.6 is 0 Å². The van der Waals surface area contributed by atoms with E-state index in [1.807, 2.05) is 24.0 Å². The van der Waals surface area contributed by atoms with Gasteiger partial charge in [0, 0.05) is 18.8 Å². The molecule has 0 fully saturated rings. The highest BCUT2D eigenvalue weighted by atomic mass is 15.3. The van der Waals surface area contributed by atoms with Crippen LogP contribution in [0, 0.1) is 6.92 Å². The fraction of sp³-hybridized carbons (Fsp3) is 0.692. The Morgan fingerprint density at radius 2 is 2.28 bits per heavy atom. The van der Waals surface area contributed by atoms with Gasteiger partial charge in [0.05, 0.1) is 19.3 Å². The van der Waals surface area contributed by atoms with Crippen molar-refractivity contribution in [1.82, 2.24) is 20.4 Å². The van der Waals surface area contributed by atoms with Gasteiger partial charge in [-0.2, -0.15) is 5.10 Å². The summed E-state index contributed by atoms with van der Waals surface area (Å²) in [6, 6.07) is 0.440. The van der Waals surface area contributed by atoms with Crippen LogP contribution in [-0.2, 0) is 6.54 Å². The molecular weight excluding hydrogens is 226 g/mol. The third-order valence-corrected chi connectivity index (χ3v) is 2.70. The Hall–Kier alpha value is -1.52. The number of aryl methyl sites for hydroxylation is 1. The third-order valence-electron chi connectivity index (χ3n) is 2.70. The molecule has 0 spiro atoms. The molecule has 1 heterocycles. The minimum Gasteiger partial charge on any atom is -0.357 e. The molecule has 5 nitrogen and oxygen atoms in total. The van der Waals surface area contributed by atoms with E-state index in [2.05, 4.69) is 41.5 Å². The predicted molar refractivity (Wildman–Crippen MR) is 75.8 cm³/mol. The van der Waals surface area contributed by atoms with Crippen LogP contribution in [0.2, 0.25) is 0 Å². The summed E-state index contributed by atoms with van der Waals surface area (Å²) in [6.07, 6.45) is 4.99. The standard InChI is InChI=1S/C13H25N5/c1-5-12(4)17-13(14-6-2)15-7-8-18-10-11(3)9-16-18/h9-10,12H,5-8H2,1-4H3,(H2,14,15,17). The molecule has 1 unspecified atom stereocenters. The molecule has 0 radical (unpaired) electrons. The highest BCUT2D eigenvalue weighted by Gasteiger charge is 2.01. The van der Waals surface area contributed by atoms with Crippen LogP contribution < -0.4 is 10.6 Å². The van der Waals surface area contributed by atoms with E-state index >= 15 is 0 Å². The Labute approximate surface area is 110 Å². The molecule has 1 rings (SSSR count). The molecule has 18 heavy (non-hydrogen) atoms. The number of hydrogen-bond donors (Lipinski definition) is 2. The van der Waals surface area contributed by atoms with Crippen LogP contribution in [0.3, 0.4) is 0 Å². The van der Waals surface area contributed by atoms with Gasteiger partial charge < -0.3 is 10.6 Å². The topological polar surface area (TPSA) is 54.2 Å². The molecular formula is C13H25N5. The fourth-order valence-corrected chi connectivity index (χ4v) is 1.51. The molecule has 0 aliphatic rings. The van der Waals surface area contributed by atoms with Crippen LogP contribution in [0.15, 0.2) is 17.4 Å². The van der Waals surface area contributed by atoms with E-state index in [1.54, 1.807) is 0 Å². The second-order valence-electron chi connectivity index (χ2n) is 4.50. The van der Waals surface area contributed by atoms with E-state index in [0.717, 1.165) is 32.0 Å². The lowest BCUT2D eigenvalue weighted by Crippen LogP contribution is -2.42. The first-order chi connectivity index (χ1) is 8.65. The highest BCUT2D eigenvalue weighted by molar-refractivity contribution is 5.79. The maximum atomic E-state index is 4.54. The summed E-state index contributed by atoms with van der Waals surface area (Å²) in [5.41, 5.74) is 1.18. The summed E-state index contributed by atoms with van der Waals surface area (Å²) < 4.78 is 1.92. The van der Waals surface area contributed by atoms with Gasteiger partial charge in [-0.3, -0.25) is 9.67 Å². The maximum Gasteiger partial charge on any atom is 0.191 e. The van der Waals surface area contributed by atoms with Crippen LogP contribution in [-0.4, -0.2) is 34.9 Å². The number of nitrogens with one attached hydrogen (secondary N) is 2. The lowest BCUT2D eigenvalue weighted by Gasteiger charge is -2.16. The normalized spacial score (nSPS) is 13.4. The molecule has 1 aromatic rings. The zero-order valence-electron chi connectivity index (χ0n) is 11.9. The first-order valence-electron chi connectivity index (χ1n) is 6.69. The highest BCUT2D eigenvalue weighted by Crippen LogP contribution is 1.94. The van der Waals surface area contributed by atoms with Gasteiger partial charge >= 0.3 is 0 Å². The SMILES string of the molecule is CCNC(=NCCn1cc(C)cn1)NC(C)CC.